The lowest BCUT2D eigenvalue weighted by atomic mass is 10.2. The molecule has 0 atom stereocenters. The Kier molecular flexibility index (Phi) is 8.43. The number of rotatable bonds is 10. The molecular formula is C23H29N5O3S2. The molecule has 0 amide bonds. The van der Waals surface area contributed by atoms with E-state index in [1.807, 2.05) is 38.1 Å². The molecule has 3 rings (SSSR count). The Morgan fingerprint density at radius 3 is 2.61 bits per heavy atom. The van der Waals surface area contributed by atoms with E-state index in [9.17, 15) is 8.42 Å². The van der Waals surface area contributed by atoms with Crippen LogP contribution in [-0.2, 0) is 10.0 Å². The number of aromatic amines is 1. The number of ether oxygens (including phenoxy) is 1. The molecule has 0 aliphatic rings. The minimum Gasteiger partial charge on any atom is -0.495 e. The molecule has 8 nitrogen and oxygen atoms in total. The molecule has 2 aromatic carbocycles. The van der Waals surface area contributed by atoms with Crippen molar-refractivity contribution in [2.24, 2.45) is 5.10 Å². The largest absolute Gasteiger partial charge is 0.495 e. The summed E-state index contributed by atoms with van der Waals surface area (Å²) in [6.45, 7) is 4.94. The Labute approximate surface area is 200 Å². The molecule has 0 saturated heterocycles. The Balaban J connectivity index is 1.77. The van der Waals surface area contributed by atoms with Gasteiger partial charge in [0.15, 0.2) is 5.11 Å². The number of sulfonamides is 1. The summed E-state index contributed by atoms with van der Waals surface area (Å²) in [7, 11) is -1.98. The highest BCUT2D eigenvalue weighted by Crippen LogP contribution is 2.24. The van der Waals surface area contributed by atoms with E-state index >= 15 is 0 Å². The summed E-state index contributed by atoms with van der Waals surface area (Å²) in [6.07, 6.45) is 4.90. The van der Waals surface area contributed by atoms with Crippen LogP contribution in [0.25, 0.3) is 10.9 Å². The molecule has 176 valence electrons. The lowest BCUT2D eigenvalue weighted by Gasteiger charge is -2.21. The first-order valence-electron chi connectivity index (χ1n) is 10.7. The number of nitrogens with zero attached hydrogens (tertiary/aromatic N) is 2. The summed E-state index contributed by atoms with van der Waals surface area (Å²) in [4.78, 5) is 3.42. The van der Waals surface area contributed by atoms with Gasteiger partial charge in [0.1, 0.15) is 5.75 Å². The van der Waals surface area contributed by atoms with E-state index in [0.29, 0.717) is 24.0 Å². The third-order valence-electron chi connectivity index (χ3n) is 4.99. The number of anilines is 1. The minimum absolute atomic E-state index is 0.271. The normalized spacial score (nSPS) is 11.9. The van der Waals surface area contributed by atoms with E-state index in [1.54, 1.807) is 37.7 Å². The van der Waals surface area contributed by atoms with Crippen LogP contribution in [0.15, 0.2) is 58.7 Å². The average Bonchev–Trinajstić information content (AvgIpc) is 3.21. The van der Waals surface area contributed by atoms with Crippen molar-refractivity contribution in [1.82, 2.24) is 14.7 Å². The van der Waals surface area contributed by atoms with E-state index in [-0.39, 0.29) is 4.90 Å². The van der Waals surface area contributed by atoms with Crippen molar-refractivity contribution >= 4 is 50.2 Å². The monoisotopic (exact) mass is 487 g/mol. The number of hydrazone groups is 1. The standard InChI is InChI=1S/C23H29N5O3S2/c1-4-12-28(13-5-2)33(29,30)18-10-11-20-19(14-18)17(15-24-20)16-25-27-23(32)26-21-8-6-7-9-22(21)31-3/h6-11,14-16,24H,4-5,12-13H2,1-3H3,(H2,26,27,32). The fourth-order valence-electron chi connectivity index (χ4n) is 3.45. The number of aromatic nitrogens is 1. The smallest absolute Gasteiger partial charge is 0.243 e. The fourth-order valence-corrected chi connectivity index (χ4v) is 5.26. The van der Waals surface area contributed by atoms with Crippen LogP contribution < -0.4 is 15.5 Å². The molecule has 0 bridgehead atoms. The number of fused-ring (bicyclic) bond motifs is 1. The third kappa shape index (κ3) is 5.89. The molecule has 0 spiro atoms. The molecule has 10 heteroatoms. The van der Waals surface area contributed by atoms with Crippen LogP contribution >= 0.6 is 12.2 Å². The molecule has 0 fully saturated rings. The Morgan fingerprint density at radius 1 is 1.18 bits per heavy atom. The van der Waals surface area contributed by atoms with Gasteiger partial charge in [0.2, 0.25) is 10.0 Å². The van der Waals surface area contributed by atoms with Gasteiger partial charge in [0.25, 0.3) is 0 Å². The lowest BCUT2D eigenvalue weighted by Crippen LogP contribution is -2.32. The summed E-state index contributed by atoms with van der Waals surface area (Å²) >= 11 is 5.30. The van der Waals surface area contributed by atoms with Gasteiger partial charge >= 0.3 is 0 Å². The highest BCUT2D eigenvalue weighted by molar-refractivity contribution is 7.89. The van der Waals surface area contributed by atoms with Gasteiger partial charge in [-0.2, -0.15) is 9.41 Å². The second kappa shape index (κ2) is 11.3. The quantitative estimate of drug-likeness (QED) is 0.224. The van der Waals surface area contributed by atoms with Crippen molar-refractivity contribution < 1.29 is 13.2 Å². The average molecular weight is 488 g/mol. The van der Waals surface area contributed by atoms with Crippen LogP contribution in [0.3, 0.4) is 0 Å². The van der Waals surface area contributed by atoms with E-state index in [2.05, 4.69) is 20.8 Å². The van der Waals surface area contributed by atoms with Gasteiger partial charge in [0.05, 0.1) is 23.9 Å². The molecule has 0 aliphatic carbocycles. The summed E-state index contributed by atoms with van der Waals surface area (Å²) in [5, 5.41) is 8.30. The first-order chi connectivity index (χ1) is 15.9. The van der Waals surface area contributed by atoms with E-state index in [0.717, 1.165) is 35.0 Å². The van der Waals surface area contributed by atoms with Crippen LogP contribution in [0.2, 0.25) is 0 Å². The van der Waals surface area contributed by atoms with Gasteiger partial charge in [-0.3, -0.25) is 5.43 Å². The Bertz CT molecular complexity index is 1230. The van der Waals surface area contributed by atoms with E-state index < -0.39 is 10.0 Å². The van der Waals surface area contributed by atoms with Crippen molar-refractivity contribution in [3.63, 3.8) is 0 Å². The third-order valence-corrected chi connectivity index (χ3v) is 7.08. The van der Waals surface area contributed by atoms with Gasteiger partial charge in [-0.1, -0.05) is 26.0 Å². The van der Waals surface area contributed by atoms with E-state index in [1.165, 1.54) is 4.31 Å². The molecule has 0 radical (unpaired) electrons. The van der Waals surface area contributed by atoms with Crippen molar-refractivity contribution in [1.29, 1.82) is 0 Å². The Hall–Kier alpha value is -2.95. The lowest BCUT2D eigenvalue weighted by molar-refractivity contribution is 0.410. The SMILES string of the molecule is CCCN(CCC)S(=O)(=O)c1ccc2[nH]cc(C=NNC(=S)Nc3ccccc3OC)c2c1. The predicted molar refractivity (Wildman–Crippen MR) is 138 cm³/mol. The summed E-state index contributed by atoms with van der Waals surface area (Å²) < 4.78 is 33.1. The second-order valence-corrected chi connectivity index (χ2v) is 9.73. The second-order valence-electron chi connectivity index (χ2n) is 7.38. The number of methoxy groups -OCH3 is 1. The summed E-state index contributed by atoms with van der Waals surface area (Å²) in [5.74, 6) is 0.663. The zero-order chi connectivity index (χ0) is 23.8. The van der Waals surface area contributed by atoms with Crippen molar-refractivity contribution in [2.45, 2.75) is 31.6 Å². The fraction of sp³-hybridized carbons (Fsp3) is 0.304. The van der Waals surface area contributed by atoms with Crippen molar-refractivity contribution in [2.75, 3.05) is 25.5 Å². The van der Waals surface area contributed by atoms with Crippen molar-refractivity contribution in [3.05, 3.63) is 54.2 Å². The van der Waals surface area contributed by atoms with Crippen LogP contribution in [0.5, 0.6) is 5.75 Å². The summed E-state index contributed by atoms with van der Waals surface area (Å²) in [6, 6.07) is 12.5. The number of thiocarbonyl (C=S) groups is 1. The van der Waals surface area contributed by atoms with Crippen LogP contribution in [0.4, 0.5) is 5.69 Å². The van der Waals surface area contributed by atoms with Crippen LogP contribution in [0, 0.1) is 0 Å². The van der Waals surface area contributed by atoms with Crippen LogP contribution in [-0.4, -0.2) is 49.2 Å². The maximum Gasteiger partial charge on any atom is 0.243 e. The zero-order valence-corrected chi connectivity index (χ0v) is 20.6. The highest BCUT2D eigenvalue weighted by atomic mass is 32.2. The zero-order valence-electron chi connectivity index (χ0n) is 19.0. The molecule has 0 unspecified atom stereocenters. The Morgan fingerprint density at radius 2 is 1.91 bits per heavy atom. The van der Waals surface area contributed by atoms with Crippen LogP contribution in [0.1, 0.15) is 32.3 Å². The van der Waals surface area contributed by atoms with Gasteiger partial charge in [-0.25, -0.2) is 8.42 Å². The highest BCUT2D eigenvalue weighted by Gasteiger charge is 2.23. The topological polar surface area (TPSA) is 98.8 Å². The first-order valence-corrected chi connectivity index (χ1v) is 12.6. The molecule has 33 heavy (non-hydrogen) atoms. The van der Waals surface area contributed by atoms with Gasteiger partial charge in [-0.15, -0.1) is 0 Å². The van der Waals surface area contributed by atoms with Crippen molar-refractivity contribution in [3.8, 4) is 5.75 Å². The molecule has 0 saturated carbocycles. The molecule has 3 N–H and O–H groups in total. The van der Waals surface area contributed by atoms with Gasteiger partial charge in [0, 0.05) is 35.8 Å². The molecule has 0 aliphatic heterocycles. The number of nitrogens with one attached hydrogen (secondary N) is 3. The number of para-hydroxylation sites is 2. The number of benzene rings is 2. The first kappa shape index (κ1) is 24.7. The number of H-pyrrole nitrogens is 1. The minimum atomic E-state index is -3.57. The maximum atomic E-state index is 13.2. The maximum absolute atomic E-state index is 13.2. The summed E-state index contributed by atoms with van der Waals surface area (Å²) in [5.41, 5.74) is 5.06. The molecule has 1 heterocycles. The molecule has 1 aromatic heterocycles. The van der Waals surface area contributed by atoms with E-state index in [4.69, 9.17) is 17.0 Å². The molecular weight excluding hydrogens is 458 g/mol. The van der Waals surface area contributed by atoms with Gasteiger partial charge in [-0.05, 0) is 55.4 Å². The predicted octanol–water partition coefficient (Wildman–Crippen LogP) is 4.31. The number of hydrogen-bond donors (Lipinski definition) is 3. The van der Waals surface area contributed by atoms with Gasteiger partial charge < -0.3 is 15.0 Å². The number of hydrogen-bond acceptors (Lipinski definition) is 5. The molecule has 3 aromatic rings.